The topological polar surface area (TPSA) is 35.9 Å². The van der Waals surface area contributed by atoms with E-state index in [9.17, 15) is 0 Å². The SMILES string of the molecule is CC1CC(OCC(S)CN2CCN(CCO)CC2)CC(C)(C)C1. The smallest absolute Gasteiger partial charge is 0.0598 e. The van der Waals surface area contributed by atoms with E-state index in [2.05, 4.69) is 30.6 Å². The van der Waals surface area contributed by atoms with Crippen LogP contribution >= 0.6 is 12.6 Å². The number of thiol groups is 1. The van der Waals surface area contributed by atoms with Gasteiger partial charge in [-0.1, -0.05) is 20.8 Å². The first-order valence-corrected chi connectivity index (χ1v) is 9.75. The molecule has 0 spiro atoms. The minimum atomic E-state index is 0.263. The molecule has 1 saturated heterocycles. The second-order valence-corrected chi connectivity index (χ2v) is 9.12. The summed E-state index contributed by atoms with van der Waals surface area (Å²) in [5.41, 5.74) is 0.414. The molecule has 0 bridgehead atoms. The second kappa shape index (κ2) is 9.04. The van der Waals surface area contributed by atoms with Crippen LogP contribution in [0.4, 0.5) is 0 Å². The van der Waals surface area contributed by atoms with Gasteiger partial charge in [-0.15, -0.1) is 0 Å². The second-order valence-electron chi connectivity index (χ2n) is 8.39. The predicted molar refractivity (Wildman–Crippen MR) is 99.3 cm³/mol. The fourth-order valence-electron chi connectivity index (χ4n) is 4.32. The van der Waals surface area contributed by atoms with Gasteiger partial charge in [0.05, 0.1) is 19.3 Å². The molecule has 0 radical (unpaired) electrons. The Labute approximate surface area is 148 Å². The molecular weight excluding hydrogens is 308 g/mol. The van der Waals surface area contributed by atoms with Crippen molar-refractivity contribution in [1.29, 1.82) is 0 Å². The Morgan fingerprint density at radius 1 is 1.17 bits per heavy atom. The van der Waals surface area contributed by atoms with Crippen LogP contribution in [0.15, 0.2) is 0 Å². The van der Waals surface area contributed by atoms with Crippen LogP contribution in [0.5, 0.6) is 0 Å². The molecule has 136 valence electrons. The van der Waals surface area contributed by atoms with Gasteiger partial charge in [0.1, 0.15) is 0 Å². The van der Waals surface area contributed by atoms with Crippen molar-refractivity contribution >= 4 is 12.6 Å². The Kier molecular flexibility index (Phi) is 7.67. The van der Waals surface area contributed by atoms with Gasteiger partial charge >= 0.3 is 0 Å². The van der Waals surface area contributed by atoms with Crippen molar-refractivity contribution in [2.75, 3.05) is 52.5 Å². The van der Waals surface area contributed by atoms with Crippen molar-refractivity contribution in [3.8, 4) is 0 Å². The lowest BCUT2D eigenvalue weighted by Crippen LogP contribution is -2.49. The average molecular weight is 345 g/mol. The minimum Gasteiger partial charge on any atom is -0.395 e. The number of aliphatic hydroxyl groups excluding tert-OH is 1. The Bertz CT molecular complexity index is 346. The first-order valence-electron chi connectivity index (χ1n) is 9.23. The van der Waals surface area contributed by atoms with E-state index in [4.69, 9.17) is 22.5 Å². The van der Waals surface area contributed by atoms with E-state index >= 15 is 0 Å². The average Bonchev–Trinajstić information content (AvgIpc) is 2.45. The van der Waals surface area contributed by atoms with Crippen molar-refractivity contribution in [1.82, 2.24) is 9.80 Å². The lowest BCUT2D eigenvalue weighted by Gasteiger charge is -2.39. The molecule has 0 aromatic carbocycles. The fraction of sp³-hybridized carbons (Fsp3) is 1.00. The van der Waals surface area contributed by atoms with Gasteiger partial charge in [0.2, 0.25) is 0 Å². The van der Waals surface area contributed by atoms with Crippen LogP contribution in [-0.4, -0.2) is 78.7 Å². The van der Waals surface area contributed by atoms with E-state index in [0.717, 1.165) is 51.8 Å². The molecule has 2 aliphatic rings. The molecule has 23 heavy (non-hydrogen) atoms. The van der Waals surface area contributed by atoms with Gasteiger partial charge in [-0.3, -0.25) is 9.80 Å². The molecule has 4 nitrogen and oxygen atoms in total. The van der Waals surface area contributed by atoms with Crippen LogP contribution in [0, 0.1) is 11.3 Å². The van der Waals surface area contributed by atoms with Gasteiger partial charge in [-0.25, -0.2) is 0 Å². The maximum absolute atomic E-state index is 9.00. The van der Waals surface area contributed by atoms with E-state index in [1.54, 1.807) is 0 Å². The number of β-amino-alcohol motifs (C(OH)–C–C–N with tert-alkyl or cyclic N) is 1. The molecule has 1 saturated carbocycles. The summed E-state index contributed by atoms with van der Waals surface area (Å²) in [5, 5.41) is 9.29. The Balaban J connectivity index is 1.64. The van der Waals surface area contributed by atoms with Gasteiger partial charge in [0, 0.05) is 44.5 Å². The van der Waals surface area contributed by atoms with Crippen molar-refractivity contribution < 1.29 is 9.84 Å². The predicted octanol–water partition coefficient (Wildman–Crippen LogP) is 2.13. The quantitative estimate of drug-likeness (QED) is 0.694. The van der Waals surface area contributed by atoms with E-state index in [0.29, 0.717) is 16.8 Å². The number of hydrogen-bond acceptors (Lipinski definition) is 5. The zero-order valence-corrected chi connectivity index (χ0v) is 16.1. The summed E-state index contributed by atoms with van der Waals surface area (Å²) in [6.45, 7) is 14.2. The molecule has 2 rings (SSSR count). The molecule has 1 aliphatic carbocycles. The molecule has 2 fully saturated rings. The molecule has 1 aliphatic heterocycles. The number of nitrogens with zero attached hydrogens (tertiary/aromatic N) is 2. The zero-order valence-electron chi connectivity index (χ0n) is 15.2. The Morgan fingerprint density at radius 3 is 2.43 bits per heavy atom. The first kappa shape index (κ1) is 19.5. The van der Waals surface area contributed by atoms with Crippen LogP contribution in [0.25, 0.3) is 0 Å². The van der Waals surface area contributed by atoms with Crippen LogP contribution in [0.1, 0.15) is 40.0 Å². The monoisotopic (exact) mass is 344 g/mol. The number of piperazine rings is 1. The summed E-state index contributed by atoms with van der Waals surface area (Å²) < 4.78 is 6.21. The molecule has 1 heterocycles. The van der Waals surface area contributed by atoms with Crippen molar-refractivity contribution in [3.63, 3.8) is 0 Å². The van der Waals surface area contributed by atoms with Crippen molar-refractivity contribution in [2.24, 2.45) is 11.3 Å². The van der Waals surface area contributed by atoms with Crippen LogP contribution in [-0.2, 0) is 4.74 Å². The molecule has 0 aromatic heterocycles. The molecule has 0 aromatic rings. The summed E-state index contributed by atoms with van der Waals surface area (Å²) in [6.07, 6.45) is 4.10. The van der Waals surface area contributed by atoms with E-state index in [-0.39, 0.29) is 6.61 Å². The van der Waals surface area contributed by atoms with Crippen molar-refractivity contribution in [3.05, 3.63) is 0 Å². The van der Waals surface area contributed by atoms with E-state index < -0.39 is 0 Å². The van der Waals surface area contributed by atoms with Gasteiger partial charge in [-0.05, 0) is 30.6 Å². The highest BCUT2D eigenvalue weighted by Gasteiger charge is 2.32. The standard InChI is InChI=1S/C18H36N2O2S/c1-15-10-16(12-18(2,3)11-15)22-14-17(23)13-20-6-4-19(5-7-20)8-9-21/h15-17,21,23H,4-14H2,1-3H3. The number of ether oxygens (including phenoxy) is 1. The highest BCUT2D eigenvalue weighted by Crippen LogP contribution is 2.39. The van der Waals surface area contributed by atoms with Crippen LogP contribution in [0.3, 0.4) is 0 Å². The Morgan fingerprint density at radius 2 is 1.83 bits per heavy atom. The third-order valence-corrected chi connectivity index (χ3v) is 5.53. The van der Waals surface area contributed by atoms with Crippen LogP contribution in [0.2, 0.25) is 0 Å². The van der Waals surface area contributed by atoms with Crippen LogP contribution < -0.4 is 0 Å². The van der Waals surface area contributed by atoms with Gasteiger partial charge in [0.25, 0.3) is 0 Å². The van der Waals surface area contributed by atoms with Gasteiger partial charge in [-0.2, -0.15) is 12.6 Å². The normalized spacial score (nSPS) is 31.2. The highest BCUT2D eigenvalue weighted by atomic mass is 32.1. The van der Waals surface area contributed by atoms with E-state index in [1.165, 1.54) is 19.3 Å². The first-order chi connectivity index (χ1) is 10.9. The lowest BCUT2D eigenvalue weighted by atomic mass is 9.71. The Hall–Kier alpha value is 0.190. The summed E-state index contributed by atoms with van der Waals surface area (Å²) >= 11 is 4.75. The molecule has 0 amide bonds. The molecular formula is C18H36N2O2S. The molecule has 5 heteroatoms. The lowest BCUT2D eigenvalue weighted by molar-refractivity contribution is -0.0244. The fourth-order valence-corrected chi connectivity index (χ4v) is 4.64. The largest absolute Gasteiger partial charge is 0.395 e. The summed E-state index contributed by atoms with van der Waals surface area (Å²) in [7, 11) is 0. The third kappa shape index (κ3) is 6.91. The molecule has 1 N–H and O–H groups in total. The van der Waals surface area contributed by atoms with E-state index in [1.807, 2.05) is 0 Å². The van der Waals surface area contributed by atoms with Gasteiger partial charge < -0.3 is 9.84 Å². The number of hydrogen-bond donors (Lipinski definition) is 2. The van der Waals surface area contributed by atoms with Crippen molar-refractivity contribution in [2.45, 2.75) is 51.4 Å². The maximum Gasteiger partial charge on any atom is 0.0598 e. The number of aliphatic hydroxyl groups is 1. The third-order valence-electron chi connectivity index (χ3n) is 5.22. The van der Waals surface area contributed by atoms with Gasteiger partial charge in [0.15, 0.2) is 0 Å². The minimum absolute atomic E-state index is 0.263. The summed E-state index contributed by atoms with van der Waals surface area (Å²) in [4.78, 5) is 4.80. The summed E-state index contributed by atoms with van der Waals surface area (Å²) in [5.74, 6) is 0.765. The highest BCUT2D eigenvalue weighted by molar-refractivity contribution is 7.81. The maximum atomic E-state index is 9.00. The molecule has 3 atom stereocenters. The zero-order chi connectivity index (χ0) is 16.9. The number of rotatable bonds is 7. The molecule has 3 unspecified atom stereocenters. The summed E-state index contributed by atoms with van der Waals surface area (Å²) in [6, 6.07) is 0.